The van der Waals surface area contributed by atoms with Crippen molar-refractivity contribution in [3.8, 4) is 5.75 Å². The van der Waals surface area contributed by atoms with Crippen molar-refractivity contribution in [1.29, 1.82) is 0 Å². The zero-order valence-corrected chi connectivity index (χ0v) is 13.3. The first-order chi connectivity index (χ1) is 9.69. The number of hydrogen-bond acceptors (Lipinski definition) is 3. The van der Waals surface area contributed by atoms with E-state index >= 15 is 0 Å². The fourth-order valence-electron chi connectivity index (χ4n) is 1.57. The molecule has 0 bridgehead atoms. The monoisotopic (exact) mass is 351 g/mol. The number of amides is 1. The van der Waals surface area contributed by atoms with Gasteiger partial charge in [-0.2, -0.15) is 0 Å². The molecular formula is C15H14BrNO2S. The lowest BCUT2D eigenvalue weighted by atomic mass is 10.3. The Morgan fingerprint density at radius 2 is 1.90 bits per heavy atom. The zero-order chi connectivity index (χ0) is 14.4. The Hall–Kier alpha value is -1.46. The molecule has 5 heteroatoms. The molecule has 0 aliphatic heterocycles. The van der Waals surface area contributed by atoms with E-state index in [0.717, 1.165) is 20.8 Å². The van der Waals surface area contributed by atoms with E-state index < -0.39 is 0 Å². The van der Waals surface area contributed by atoms with Gasteiger partial charge in [0.05, 0.1) is 18.6 Å². The van der Waals surface area contributed by atoms with Crippen molar-refractivity contribution in [2.45, 2.75) is 4.90 Å². The Labute approximate surface area is 130 Å². The van der Waals surface area contributed by atoms with Crippen LogP contribution in [0.25, 0.3) is 0 Å². The maximum absolute atomic E-state index is 11.9. The van der Waals surface area contributed by atoms with Crippen molar-refractivity contribution in [2.24, 2.45) is 0 Å². The molecule has 0 atom stereocenters. The van der Waals surface area contributed by atoms with Gasteiger partial charge in [0.1, 0.15) is 5.75 Å². The van der Waals surface area contributed by atoms with Gasteiger partial charge in [0.25, 0.3) is 0 Å². The third kappa shape index (κ3) is 4.28. The van der Waals surface area contributed by atoms with Gasteiger partial charge in [-0.25, -0.2) is 0 Å². The van der Waals surface area contributed by atoms with E-state index in [1.165, 1.54) is 11.8 Å². The Bertz CT molecular complexity index is 587. The minimum atomic E-state index is -0.0299. The van der Waals surface area contributed by atoms with E-state index in [0.29, 0.717) is 5.75 Å². The van der Waals surface area contributed by atoms with E-state index in [1.54, 1.807) is 7.11 Å². The summed E-state index contributed by atoms with van der Waals surface area (Å²) in [7, 11) is 1.63. The highest BCUT2D eigenvalue weighted by Crippen LogP contribution is 2.23. The van der Waals surface area contributed by atoms with Gasteiger partial charge in [-0.05, 0) is 52.3 Å². The summed E-state index contributed by atoms with van der Waals surface area (Å²) in [6, 6.07) is 15.2. The predicted molar refractivity (Wildman–Crippen MR) is 86.5 cm³/mol. The van der Waals surface area contributed by atoms with Crippen LogP contribution in [0.2, 0.25) is 0 Å². The van der Waals surface area contributed by atoms with Crippen molar-refractivity contribution in [1.82, 2.24) is 0 Å². The number of thioether (sulfide) groups is 1. The standard InChI is InChI=1S/C15H14BrNO2S/c1-19-11-6-8-12(9-7-11)20-10-15(18)17-14-5-3-2-4-13(14)16/h2-9H,10H2,1H3,(H,17,18). The number of benzene rings is 2. The summed E-state index contributed by atoms with van der Waals surface area (Å²) in [6.45, 7) is 0. The van der Waals surface area contributed by atoms with Gasteiger partial charge in [-0.1, -0.05) is 12.1 Å². The SMILES string of the molecule is COc1ccc(SCC(=O)Nc2ccccc2Br)cc1. The van der Waals surface area contributed by atoms with E-state index in [-0.39, 0.29) is 5.91 Å². The second-order valence-corrected chi connectivity index (χ2v) is 5.90. The maximum Gasteiger partial charge on any atom is 0.234 e. The lowest BCUT2D eigenvalue weighted by Gasteiger charge is -2.07. The smallest absolute Gasteiger partial charge is 0.234 e. The van der Waals surface area contributed by atoms with Crippen molar-refractivity contribution in [2.75, 3.05) is 18.2 Å². The maximum atomic E-state index is 11.9. The summed E-state index contributed by atoms with van der Waals surface area (Å²) < 4.78 is 5.97. The van der Waals surface area contributed by atoms with Crippen LogP contribution in [-0.2, 0) is 4.79 Å². The molecule has 104 valence electrons. The minimum Gasteiger partial charge on any atom is -0.497 e. The molecular weight excluding hydrogens is 338 g/mol. The van der Waals surface area contributed by atoms with Gasteiger partial charge in [-0.15, -0.1) is 11.8 Å². The molecule has 0 saturated carbocycles. The fourth-order valence-corrected chi connectivity index (χ4v) is 2.65. The van der Waals surface area contributed by atoms with Crippen LogP contribution in [0.5, 0.6) is 5.75 Å². The molecule has 0 heterocycles. The third-order valence-corrected chi connectivity index (χ3v) is 4.28. The highest BCUT2D eigenvalue weighted by Gasteiger charge is 2.06. The summed E-state index contributed by atoms with van der Waals surface area (Å²) in [6.07, 6.45) is 0. The van der Waals surface area contributed by atoms with Gasteiger partial charge in [-0.3, -0.25) is 4.79 Å². The molecule has 0 aromatic heterocycles. The molecule has 2 rings (SSSR count). The summed E-state index contributed by atoms with van der Waals surface area (Å²) >= 11 is 4.89. The molecule has 1 N–H and O–H groups in total. The first-order valence-corrected chi connectivity index (χ1v) is 7.78. The minimum absolute atomic E-state index is 0.0299. The van der Waals surface area contributed by atoms with Gasteiger partial charge >= 0.3 is 0 Å². The lowest BCUT2D eigenvalue weighted by Crippen LogP contribution is -2.14. The summed E-state index contributed by atoms with van der Waals surface area (Å²) in [4.78, 5) is 12.9. The van der Waals surface area contributed by atoms with Crippen LogP contribution < -0.4 is 10.1 Å². The molecule has 0 aliphatic carbocycles. The molecule has 1 amide bonds. The van der Waals surface area contributed by atoms with Crippen LogP contribution in [-0.4, -0.2) is 18.8 Å². The number of methoxy groups -OCH3 is 1. The average Bonchev–Trinajstić information content (AvgIpc) is 2.48. The molecule has 0 saturated heterocycles. The van der Waals surface area contributed by atoms with E-state index in [1.807, 2.05) is 48.5 Å². The molecule has 0 radical (unpaired) electrons. The number of ether oxygens (including phenoxy) is 1. The van der Waals surface area contributed by atoms with Crippen LogP contribution in [0.1, 0.15) is 0 Å². The molecule has 2 aromatic carbocycles. The molecule has 2 aromatic rings. The highest BCUT2D eigenvalue weighted by molar-refractivity contribution is 9.10. The van der Waals surface area contributed by atoms with Crippen LogP contribution >= 0.6 is 27.7 Å². The molecule has 0 fully saturated rings. The van der Waals surface area contributed by atoms with Crippen LogP contribution in [0.15, 0.2) is 57.9 Å². The zero-order valence-electron chi connectivity index (χ0n) is 10.9. The van der Waals surface area contributed by atoms with Gasteiger partial charge in [0, 0.05) is 9.37 Å². The van der Waals surface area contributed by atoms with Crippen LogP contribution in [0.3, 0.4) is 0 Å². The van der Waals surface area contributed by atoms with Gasteiger partial charge < -0.3 is 10.1 Å². The number of anilines is 1. The number of carbonyl (C=O) groups excluding carboxylic acids is 1. The molecule has 3 nitrogen and oxygen atoms in total. The van der Waals surface area contributed by atoms with Crippen LogP contribution in [0.4, 0.5) is 5.69 Å². The number of halogens is 1. The number of hydrogen-bond donors (Lipinski definition) is 1. The average molecular weight is 352 g/mol. The first-order valence-electron chi connectivity index (χ1n) is 6.00. The predicted octanol–water partition coefficient (Wildman–Crippen LogP) is 4.19. The van der Waals surface area contributed by atoms with Crippen LogP contribution in [0, 0.1) is 0 Å². The highest BCUT2D eigenvalue weighted by atomic mass is 79.9. The Balaban J connectivity index is 1.87. The van der Waals surface area contributed by atoms with E-state index in [9.17, 15) is 4.79 Å². The van der Waals surface area contributed by atoms with Gasteiger partial charge in [0.15, 0.2) is 0 Å². The van der Waals surface area contributed by atoms with Gasteiger partial charge in [0.2, 0.25) is 5.91 Å². The van der Waals surface area contributed by atoms with Crippen molar-refractivity contribution < 1.29 is 9.53 Å². The molecule has 0 spiro atoms. The van der Waals surface area contributed by atoms with E-state index in [4.69, 9.17) is 4.74 Å². The van der Waals surface area contributed by atoms with Crippen molar-refractivity contribution in [3.05, 3.63) is 53.0 Å². The van der Waals surface area contributed by atoms with Crippen molar-refractivity contribution >= 4 is 39.3 Å². The molecule has 20 heavy (non-hydrogen) atoms. The molecule has 0 unspecified atom stereocenters. The fraction of sp³-hybridized carbons (Fsp3) is 0.133. The second kappa shape index (κ2) is 7.36. The summed E-state index contributed by atoms with van der Waals surface area (Å²) in [5.74, 6) is 1.15. The lowest BCUT2D eigenvalue weighted by molar-refractivity contribution is -0.113. The van der Waals surface area contributed by atoms with Crippen molar-refractivity contribution in [3.63, 3.8) is 0 Å². The summed E-state index contributed by atoms with van der Waals surface area (Å²) in [5, 5.41) is 2.87. The number of para-hydroxylation sites is 1. The van der Waals surface area contributed by atoms with E-state index in [2.05, 4.69) is 21.2 Å². The topological polar surface area (TPSA) is 38.3 Å². The number of rotatable bonds is 5. The normalized spacial score (nSPS) is 10.1. The Morgan fingerprint density at radius 3 is 2.55 bits per heavy atom. The largest absolute Gasteiger partial charge is 0.497 e. The third-order valence-electron chi connectivity index (χ3n) is 2.58. The molecule has 0 aliphatic rings. The first kappa shape index (κ1) is 14.9. The second-order valence-electron chi connectivity index (χ2n) is 3.99. The number of nitrogens with one attached hydrogen (secondary N) is 1. The Morgan fingerprint density at radius 1 is 1.20 bits per heavy atom. The Kier molecular flexibility index (Phi) is 5.49. The summed E-state index contributed by atoms with van der Waals surface area (Å²) in [5.41, 5.74) is 0.785. The quantitative estimate of drug-likeness (QED) is 0.820. The number of carbonyl (C=O) groups is 1.